The van der Waals surface area contributed by atoms with Gasteiger partial charge in [0.25, 0.3) is 0 Å². The molecule has 0 saturated carbocycles. The fourth-order valence-corrected chi connectivity index (χ4v) is 5.22. The fraction of sp³-hybridized carbons (Fsp3) is 0.316. The summed E-state index contributed by atoms with van der Waals surface area (Å²) in [6, 6.07) is 9.30. The summed E-state index contributed by atoms with van der Waals surface area (Å²) in [4.78, 5) is 18.3. The number of amides is 1. The van der Waals surface area contributed by atoms with Gasteiger partial charge in [-0.2, -0.15) is 0 Å². The molecule has 0 aliphatic carbocycles. The maximum absolute atomic E-state index is 12.6. The number of piperazine rings is 1. The van der Waals surface area contributed by atoms with Gasteiger partial charge in [0.05, 0.1) is 10.8 Å². The summed E-state index contributed by atoms with van der Waals surface area (Å²) >= 11 is 15.2. The first kappa shape index (κ1) is 21.5. The molecule has 2 aromatic heterocycles. The number of rotatable bonds is 6. The van der Waals surface area contributed by atoms with Crippen molar-refractivity contribution in [1.82, 2.24) is 24.7 Å². The highest BCUT2D eigenvalue weighted by molar-refractivity contribution is 7.99. The van der Waals surface area contributed by atoms with Gasteiger partial charge in [0.15, 0.2) is 5.82 Å². The van der Waals surface area contributed by atoms with E-state index in [0.717, 1.165) is 32.7 Å². The van der Waals surface area contributed by atoms with Crippen LogP contribution in [0.15, 0.2) is 40.9 Å². The smallest absolute Gasteiger partial charge is 0.233 e. The molecule has 11 heteroatoms. The molecule has 1 saturated heterocycles. The third-order valence-electron chi connectivity index (χ3n) is 4.85. The Bertz CT molecular complexity index is 1020. The number of thiophene rings is 1. The average molecular weight is 483 g/mol. The molecule has 1 aromatic carbocycles. The van der Waals surface area contributed by atoms with Gasteiger partial charge in [-0.15, -0.1) is 21.5 Å². The Morgan fingerprint density at radius 3 is 2.67 bits per heavy atom. The lowest BCUT2D eigenvalue weighted by molar-refractivity contribution is -0.130. The van der Waals surface area contributed by atoms with Crippen molar-refractivity contribution in [2.24, 2.45) is 0 Å². The van der Waals surface area contributed by atoms with Crippen molar-refractivity contribution in [2.45, 2.75) is 11.7 Å². The van der Waals surface area contributed by atoms with Crippen LogP contribution in [0.1, 0.15) is 4.88 Å². The molecule has 1 amide bonds. The zero-order valence-corrected chi connectivity index (χ0v) is 19.1. The topological polar surface area (TPSA) is 80.3 Å². The van der Waals surface area contributed by atoms with Crippen LogP contribution in [0.3, 0.4) is 0 Å². The van der Waals surface area contributed by atoms with E-state index in [1.807, 2.05) is 4.90 Å². The number of nitrogens with zero attached hydrogens (tertiary/aromatic N) is 5. The zero-order valence-electron chi connectivity index (χ0n) is 16.0. The molecule has 158 valence electrons. The lowest BCUT2D eigenvalue weighted by Gasteiger charge is -2.34. The van der Waals surface area contributed by atoms with Crippen LogP contribution in [0, 0.1) is 0 Å². The second-order valence-electron chi connectivity index (χ2n) is 6.83. The number of carbonyl (C=O) groups is 1. The van der Waals surface area contributed by atoms with Gasteiger partial charge in [0, 0.05) is 48.2 Å². The Hall–Kier alpha value is -1.78. The summed E-state index contributed by atoms with van der Waals surface area (Å²) < 4.78 is 1.35. The SMILES string of the molecule is Nn1c(SCC(=O)N2CCN(Cc3cccs3)CC2)nnc1-c1ccc(Cl)cc1Cl. The van der Waals surface area contributed by atoms with E-state index in [1.165, 1.54) is 21.3 Å². The molecule has 0 atom stereocenters. The molecular formula is C19H20Cl2N6OS2. The highest BCUT2D eigenvalue weighted by Crippen LogP contribution is 2.30. The number of hydrogen-bond donors (Lipinski definition) is 1. The van der Waals surface area contributed by atoms with Crippen molar-refractivity contribution in [3.63, 3.8) is 0 Å². The number of benzene rings is 1. The third-order valence-corrected chi connectivity index (χ3v) is 7.18. The van der Waals surface area contributed by atoms with E-state index in [4.69, 9.17) is 29.0 Å². The molecule has 3 heterocycles. The summed E-state index contributed by atoms with van der Waals surface area (Å²) in [6.07, 6.45) is 0. The van der Waals surface area contributed by atoms with Crippen LogP contribution in [-0.2, 0) is 11.3 Å². The Morgan fingerprint density at radius 2 is 1.97 bits per heavy atom. The predicted octanol–water partition coefficient (Wildman–Crippen LogP) is 3.46. The number of nitrogens with two attached hydrogens (primary N) is 1. The quantitative estimate of drug-likeness (QED) is 0.427. The maximum atomic E-state index is 12.6. The highest BCUT2D eigenvalue weighted by atomic mass is 35.5. The standard InChI is InChI=1S/C19H20Cl2N6OS2/c20-13-3-4-15(16(21)10-13)18-23-24-19(27(18)22)30-12-17(28)26-7-5-25(6-8-26)11-14-2-1-9-29-14/h1-4,9-10H,5-8,11-12,22H2. The van der Waals surface area contributed by atoms with Crippen molar-refractivity contribution < 1.29 is 4.79 Å². The molecule has 4 rings (SSSR count). The first-order valence-electron chi connectivity index (χ1n) is 9.32. The van der Waals surface area contributed by atoms with E-state index in [0.29, 0.717) is 26.6 Å². The van der Waals surface area contributed by atoms with Gasteiger partial charge in [0.1, 0.15) is 0 Å². The van der Waals surface area contributed by atoms with Crippen molar-refractivity contribution in [3.8, 4) is 11.4 Å². The van der Waals surface area contributed by atoms with Crippen molar-refractivity contribution in [2.75, 3.05) is 37.8 Å². The molecule has 0 spiro atoms. The van der Waals surface area contributed by atoms with Gasteiger partial charge in [-0.05, 0) is 29.6 Å². The monoisotopic (exact) mass is 482 g/mol. The number of carbonyl (C=O) groups excluding carboxylic acids is 1. The van der Waals surface area contributed by atoms with E-state index < -0.39 is 0 Å². The Morgan fingerprint density at radius 1 is 1.17 bits per heavy atom. The van der Waals surface area contributed by atoms with Crippen LogP contribution in [-0.4, -0.2) is 62.5 Å². The van der Waals surface area contributed by atoms with E-state index in [2.05, 4.69) is 32.6 Å². The van der Waals surface area contributed by atoms with Crippen molar-refractivity contribution >= 4 is 52.2 Å². The first-order valence-corrected chi connectivity index (χ1v) is 11.9. The number of halogens is 2. The van der Waals surface area contributed by atoms with Crippen molar-refractivity contribution in [1.29, 1.82) is 0 Å². The highest BCUT2D eigenvalue weighted by Gasteiger charge is 2.22. The molecule has 1 aliphatic rings. The van der Waals surface area contributed by atoms with Gasteiger partial charge >= 0.3 is 0 Å². The van der Waals surface area contributed by atoms with E-state index in [1.54, 1.807) is 29.5 Å². The van der Waals surface area contributed by atoms with E-state index in [9.17, 15) is 4.79 Å². The first-order chi connectivity index (χ1) is 14.5. The molecule has 0 unspecified atom stereocenters. The molecule has 0 bridgehead atoms. The maximum Gasteiger partial charge on any atom is 0.233 e. The summed E-state index contributed by atoms with van der Waals surface area (Å²) in [5.41, 5.74) is 0.635. The van der Waals surface area contributed by atoms with Crippen molar-refractivity contribution in [3.05, 3.63) is 50.6 Å². The number of nitrogen functional groups attached to an aromatic ring is 1. The molecule has 2 N–H and O–H groups in total. The van der Waals surface area contributed by atoms with Gasteiger partial charge in [-0.25, -0.2) is 4.68 Å². The molecule has 0 radical (unpaired) electrons. The van der Waals surface area contributed by atoms with Gasteiger partial charge in [-0.1, -0.05) is 41.0 Å². The number of hydrogen-bond acceptors (Lipinski definition) is 7. The largest absolute Gasteiger partial charge is 0.339 e. The summed E-state index contributed by atoms with van der Waals surface area (Å²) in [6.45, 7) is 4.15. The minimum atomic E-state index is 0.0739. The minimum absolute atomic E-state index is 0.0739. The molecule has 1 fully saturated rings. The Balaban J connectivity index is 1.31. The normalized spacial score (nSPS) is 14.9. The van der Waals surface area contributed by atoms with Gasteiger partial charge in [0.2, 0.25) is 11.1 Å². The number of thioether (sulfide) groups is 1. The van der Waals surface area contributed by atoms with Crippen LogP contribution in [0.5, 0.6) is 0 Å². The van der Waals surface area contributed by atoms with Crippen LogP contribution in [0.2, 0.25) is 10.0 Å². The molecule has 30 heavy (non-hydrogen) atoms. The lowest BCUT2D eigenvalue weighted by atomic mass is 10.2. The van der Waals surface area contributed by atoms with Gasteiger partial charge < -0.3 is 10.7 Å². The van der Waals surface area contributed by atoms with E-state index >= 15 is 0 Å². The van der Waals surface area contributed by atoms with Crippen LogP contribution >= 0.6 is 46.3 Å². The average Bonchev–Trinajstić information content (AvgIpc) is 3.37. The third kappa shape index (κ3) is 4.92. The molecular weight excluding hydrogens is 463 g/mol. The number of aromatic nitrogens is 3. The Kier molecular flexibility index (Phi) is 6.84. The second kappa shape index (κ2) is 9.57. The second-order valence-corrected chi connectivity index (χ2v) is 9.64. The van der Waals surface area contributed by atoms with Crippen LogP contribution < -0.4 is 5.84 Å². The minimum Gasteiger partial charge on any atom is -0.339 e. The molecule has 1 aliphatic heterocycles. The van der Waals surface area contributed by atoms with Crippen LogP contribution in [0.4, 0.5) is 0 Å². The lowest BCUT2D eigenvalue weighted by Crippen LogP contribution is -2.48. The zero-order chi connectivity index (χ0) is 21.1. The predicted molar refractivity (Wildman–Crippen MR) is 123 cm³/mol. The fourth-order valence-electron chi connectivity index (χ4n) is 3.23. The summed E-state index contributed by atoms with van der Waals surface area (Å²) in [5, 5.41) is 11.7. The van der Waals surface area contributed by atoms with Gasteiger partial charge in [-0.3, -0.25) is 9.69 Å². The molecule has 3 aromatic rings. The Labute approximate surface area is 192 Å². The van der Waals surface area contributed by atoms with E-state index in [-0.39, 0.29) is 11.7 Å². The molecule has 7 nitrogen and oxygen atoms in total. The summed E-state index contributed by atoms with van der Waals surface area (Å²) in [5.74, 6) is 6.90. The summed E-state index contributed by atoms with van der Waals surface area (Å²) in [7, 11) is 0. The van der Waals surface area contributed by atoms with Crippen LogP contribution in [0.25, 0.3) is 11.4 Å².